The summed E-state index contributed by atoms with van der Waals surface area (Å²) in [7, 11) is 5.29. The van der Waals surface area contributed by atoms with Crippen molar-refractivity contribution in [2.24, 2.45) is 0 Å². The standard InChI is InChI=1S/C13H19NO3/c1-9-5-10(15-3)6-11(16-4)12(9)13(14-2)7-17-8-13/h5-6,14H,7-8H2,1-4H3. The van der Waals surface area contributed by atoms with E-state index in [4.69, 9.17) is 14.2 Å². The highest BCUT2D eigenvalue weighted by molar-refractivity contribution is 5.50. The van der Waals surface area contributed by atoms with Gasteiger partial charge in [-0.05, 0) is 25.6 Å². The molecule has 0 aromatic heterocycles. The zero-order chi connectivity index (χ0) is 12.5. The molecule has 1 aromatic carbocycles. The van der Waals surface area contributed by atoms with Crippen molar-refractivity contribution >= 4 is 0 Å². The molecule has 1 fully saturated rings. The van der Waals surface area contributed by atoms with Crippen LogP contribution in [0.15, 0.2) is 12.1 Å². The van der Waals surface area contributed by atoms with Gasteiger partial charge in [-0.3, -0.25) is 0 Å². The van der Waals surface area contributed by atoms with Gasteiger partial charge in [0.15, 0.2) is 0 Å². The van der Waals surface area contributed by atoms with Crippen LogP contribution in [0.2, 0.25) is 0 Å². The lowest BCUT2D eigenvalue weighted by molar-refractivity contribution is -0.0759. The highest BCUT2D eigenvalue weighted by Crippen LogP contribution is 2.40. The van der Waals surface area contributed by atoms with Gasteiger partial charge in [0.25, 0.3) is 0 Å². The monoisotopic (exact) mass is 237 g/mol. The SMILES string of the molecule is CNC1(c2c(C)cc(OC)cc2OC)COC1. The Labute approximate surface area is 102 Å². The number of ether oxygens (including phenoxy) is 3. The third-order valence-corrected chi connectivity index (χ3v) is 3.38. The molecule has 0 unspecified atom stereocenters. The molecule has 4 nitrogen and oxygen atoms in total. The molecule has 94 valence electrons. The van der Waals surface area contributed by atoms with Crippen LogP contribution in [0.5, 0.6) is 11.5 Å². The van der Waals surface area contributed by atoms with Crippen molar-refractivity contribution in [2.45, 2.75) is 12.5 Å². The molecule has 1 aromatic rings. The number of likely N-dealkylation sites (N-methyl/N-ethyl adjacent to an activating group) is 1. The van der Waals surface area contributed by atoms with Gasteiger partial charge >= 0.3 is 0 Å². The Kier molecular flexibility index (Phi) is 3.26. The maximum Gasteiger partial charge on any atom is 0.128 e. The van der Waals surface area contributed by atoms with Gasteiger partial charge in [-0.1, -0.05) is 0 Å². The van der Waals surface area contributed by atoms with Crippen molar-refractivity contribution in [1.29, 1.82) is 0 Å². The lowest BCUT2D eigenvalue weighted by atomic mass is 9.84. The topological polar surface area (TPSA) is 39.7 Å². The van der Waals surface area contributed by atoms with Crippen LogP contribution >= 0.6 is 0 Å². The molecule has 0 amide bonds. The summed E-state index contributed by atoms with van der Waals surface area (Å²) in [6, 6.07) is 3.94. The second-order valence-electron chi connectivity index (χ2n) is 4.35. The molecule has 0 bridgehead atoms. The van der Waals surface area contributed by atoms with Crippen LogP contribution in [-0.2, 0) is 10.3 Å². The van der Waals surface area contributed by atoms with E-state index in [0.717, 1.165) is 22.6 Å². The fraction of sp³-hybridized carbons (Fsp3) is 0.538. The van der Waals surface area contributed by atoms with E-state index < -0.39 is 0 Å². The van der Waals surface area contributed by atoms with E-state index in [1.54, 1.807) is 14.2 Å². The first-order chi connectivity index (χ1) is 8.16. The van der Waals surface area contributed by atoms with Crippen molar-refractivity contribution < 1.29 is 14.2 Å². The highest BCUT2D eigenvalue weighted by atomic mass is 16.5. The largest absolute Gasteiger partial charge is 0.497 e. The van der Waals surface area contributed by atoms with Gasteiger partial charge in [-0.15, -0.1) is 0 Å². The molecule has 1 saturated heterocycles. The van der Waals surface area contributed by atoms with Gasteiger partial charge in [0, 0.05) is 11.6 Å². The first-order valence-electron chi connectivity index (χ1n) is 5.66. The van der Waals surface area contributed by atoms with Crippen LogP contribution in [-0.4, -0.2) is 34.5 Å². The predicted molar refractivity (Wildman–Crippen MR) is 65.8 cm³/mol. The smallest absolute Gasteiger partial charge is 0.128 e. The van der Waals surface area contributed by atoms with Crippen molar-refractivity contribution in [3.63, 3.8) is 0 Å². The minimum Gasteiger partial charge on any atom is -0.497 e. The van der Waals surface area contributed by atoms with Gasteiger partial charge in [-0.2, -0.15) is 0 Å². The van der Waals surface area contributed by atoms with E-state index in [0.29, 0.717) is 13.2 Å². The molecular formula is C13H19NO3. The lowest BCUT2D eigenvalue weighted by Gasteiger charge is -2.43. The average molecular weight is 237 g/mol. The number of aryl methyl sites for hydroxylation is 1. The summed E-state index contributed by atoms with van der Waals surface area (Å²) in [6.07, 6.45) is 0. The zero-order valence-corrected chi connectivity index (χ0v) is 10.8. The Balaban J connectivity index is 2.52. The van der Waals surface area contributed by atoms with Gasteiger partial charge in [0.1, 0.15) is 11.5 Å². The molecule has 17 heavy (non-hydrogen) atoms. The summed E-state index contributed by atoms with van der Waals surface area (Å²) in [5.74, 6) is 1.66. The normalized spacial score (nSPS) is 17.4. The van der Waals surface area contributed by atoms with Gasteiger partial charge < -0.3 is 19.5 Å². The Morgan fingerprint density at radius 2 is 1.94 bits per heavy atom. The van der Waals surface area contributed by atoms with Crippen LogP contribution in [0.4, 0.5) is 0 Å². The zero-order valence-electron chi connectivity index (χ0n) is 10.8. The van der Waals surface area contributed by atoms with E-state index in [-0.39, 0.29) is 5.54 Å². The van der Waals surface area contributed by atoms with Crippen LogP contribution in [0.1, 0.15) is 11.1 Å². The van der Waals surface area contributed by atoms with Crippen molar-refractivity contribution in [3.05, 3.63) is 23.3 Å². The van der Waals surface area contributed by atoms with Crippen molar-refractivity contribution in [3.8, 4) is 11.5 Å². The summed E-state index contributed by atoms with van der Waals surface area (Å²) in [4.78, 5) is 0. The first kappa shape index (κ1) is 12.2. The van der Waals surface area contributed by atoms with Crippen molar-refractivity contribution in [2.75, 3.05) is 34.5 Å². The van der Waals surface area contributed by atoms with Crippen LogP contribution in [0.25, 0.3) is 0 Å². The second-order valence-corrected chi connectivity index (χ2v) is 4.35. The average Bonchev–Trinajstić information content (AvgIpc) is 2.29. The van der Waals surface area contributed by atoms with Crippen LogP contribution in [0, 0.1) is 6.92 Å². The molecule has 0 saturated carbocycles. The molecular weight excluding hydrogens is 218 g/mol. The lowest BCUT2D eigenvalue weighted by Crippen LogP contribution is -2.56. The number of rotatable bonds is 4. The summed E-state index contributed by atoms with van der Waals surface area (Å²) >= 11 is 0. The summed E-state index contributed by atoms with van der Waals surface area (Å²) in [6.45, 7) is 3.41. The van der Waals surface area contributed by atoms with Crippen molar-refractivity contribution in [1.82, 2.24) is 5.32 Å². The third kappa shape index (κ3) is 1.87. The Morgan fingerprint density at radius 1 is 1.24 bits per heavy atom. The molecule has 1 heterocycles. The van der Waals surface area contributed by atoms with E-state index >= 15 is 0 Å². The molecule has 0 aliphatic carbocycles. The summed E-state index contributed by atoms with van der Waals surface area (Å²) in [5, 5.41) is 3.34. The number of hydrogen-bond acceptors (Lipinski definition) is 4. The molecule has 1 aliphatic heterocycles. The van der Waals surface area contributed by atoms with E-state index in [2.05, 4.69) is 12.2 Å². The van der Waals surface area contributed by atoms with Gasteiger partial charge in [-0.25, -0.2) is 0 Å². The fourth-order valence-electron chi connectivity index (χ4n) is 2.33. The number of nitrogens with one attached hydrogen (secondary N) is 1. The van der Waals surface area contributed by atoms with E-state index in [9.17, 15) is 0 Å². The molecule has 4 heteroatoms. The van der Waals surface area contributed by atoms with Crippen LogP contribution in [0.3, 0.4) is 0 Å². The molecule has 1 aliphatic rings. The van der Waals surface area contributed by atoms with Gasteiger partial charge in [0.05, 0.1) is 33.0 Å². The maximum absolute atomic E-state index is 5.48. The molecule has 2 rings (SSSR count). The maximum atomic E-state index is 5.48. The Morgan fingerprint density at radius 3 is 2.35 bits per heavy atom. The number of methoxy groups -OCH3 is 2. The molecule has 1 N–H and O–H groups in total. The Bertz CT molecular complexity index is 408. The quantitative estimate of drug-likeness (QED) is 0.860. The number of hydrogen-bond donors (Lipinski definition) is 1. The minimum atomic E-state index is -0.123. The fourth-order valence-corrected chi connectivity index (χ4v) is 2.33. The predicted octanol–water partition coefficient (Wildman–Crippen LogP) is 1.46. The number of benzene rings is 1. The minimum absolute atomic E-state index is 0.123. The summed E-state index contributed by atoms with van der Waals surface area (Å²) in [5.41, 5.74) is 2.19. The summed E-state index contributed by atoms with van der Waals surface area (Å²) < 4.78 is 16.1. The second kappa shape index (κ2) is 4.55. The first-order valence-corrected chi connectivity index (χ1v) is 5.66. The highest BCUT2D eigenvalue weighted by Gasteiger charge is 2.42. The molecule has 0 radical (unpaired) electrons. The molecule has 0 spiro atoms. The Hall–Kier alpha value is -1.26. The third-order valence-electron chi connectivity index (χ3n) is 3.38. The van der Waals surface area contributed by atoms with Crippen LogP contribution < -0.4 is 14.8 Å². The van der Waals surface area contributed by atoms with E-state index in [1.807, 2.05) is 19.2 Å². The molecule has 0 atom stereocenters. The van der Waals surface area contributed by atoms with Gasteiger partial charge in [0.2, 0.25) is 0 Å². The van der Waals surface area contributed by atoms with E-state index in [1.165, 1.54) is 0 Å².